The van der Waals surface area contributed by atoms with Crippen LogP contribution in [0.4, 0.5) is 0 Å². The number of carboxylic acids is 1. The van der Waals surface area contributed by atoms with E-state index in [9.17, 15) is 4.79 Å². The van der Waals surface area contributed by atoms with Gasteiger partial charge in [0.25, 0.3) is 0 Å². The van der Waals surface area contributed by atoms with Crippen LogP contribution in [0.2, 0.25) is 0 Å². The van der Waals surface area contributed by atoms with Crippen LogP contribution in [0.5, 0.6) is 0 Å². The van der Waals surface area contributed by atoms with Gasteiger partial charge in [-0.15, -0.1) is 0 Å². The van der Waals surface area contributed by atoms with E-state index in [1.54, 1.807) is 13.0 Å². The zero-order chi connectivity index (χ0) is 10.2. The maximum atomic E-state index is 10.7. The van der Waals surface area contributed by atoms with Crippen molar-refractivity contribution in [1.29, 1.82) is 5.26 Å². The monoisotopic (exact) mass is 179 g/mol. The Hall–Kier alpha value is -1.30. The van der Waals surface area contributed by atoms with Gasteiger partial charge in [-0.25, -0.2) is 0 Å². The third kappa shape index (κ3) is 1.57. The second kappa shape index (κ2) is 2.88. The molecule has 1 fully saturated rings. The van der Waals surface area contributed by atoms with Crippen LogP contribution in [0, 0.1) is 28.6 Å². The van der Waals surface area contributed by atoms with Gasteiger partial charge in [-0.1, -0.05) is 19.9 Å². The highest BCUT2D eigenvalue weighted by molar-refractivity contribution is 5.76. The van der Waals surface area contributed by atoms with Crippen molar-refractivity contribution in [3.05, 3.63) is 11.6 Å². The number of carboxylic acid groups (broad SMARTS) is 1. The van der Waals surface area contributed by atoms with E-state index >= 15 is 0 Å². The van der Waals surface area contributed by atoms with E-state index in [1.807, 2.05) is 19.9 Å². The summed E-state index contributed by atoms with van der Waals surface area (Å²) in [6.45, 7) is 5.53. The number of aliphatic carboxylic acids is 1. The van der Waals surface area contributed by atoms with E-state index in [2.05, 4.69) is 0 Å². The molecule has 0 spiro atoms. The Morgan fingerprint density at radius 3 is 2.46 bits per heavy atom. The first-order chi connectivity index (χ1) is 5.91. The van der Waals surface area contributed by atoms with Crippen molar-refractivity contribution in [2.45, 2.75) is 20.8 Å². The maximum Gasteiger partial charge on any atom is 0.307 e. The maximum absolute atomic E-state index is 10.7. The number of nitrogens with zero attached hydrogens (tertiary/aromatic N) is 1. The Morgan fingerprint density at radius 1 is 1.62 bits per heavy atom. The fourth-order valence-electron chi connectivity index (χ4n) is 1.77. The molecule has 0 heterocycles. The lowest BCUT2D eigenvalue weighted by molar-refractivity contribution is -0.139. The van der Waals surface area contributed by atoms with Crippen molar-refractivity contribution >= 4 is 5.97 Å². The normalized spacial score (nSPS) is 30.8. The van der Waals surface area contributed by atoms with E-state index in [0.29, 0.717) is 5.57 Å². The highest BCUT2D eigenvalue weighted by Gasteiger charge is 2.60. The predicted molar refractivity (Wildman–Crippen MR) is 47.8 cm³/mol. The third-order valence-corrected chi connectivity index (χ3v) is 2.78. The van der Waals surface area contributed by atoms with Gasteiger partial charge in [0, 0.05) is 5.57 Å². The van der Waals surface area contributed by atoms with Crippen LogP contribution in [-0.4, -0.2) is 11.1 Å². The van der Waals surface area contributed by atoms with Crippen LogP contribution in [-0.2, 0) is 4.79 Å². The molecule has 2 atom stereocenters. The standard InChI is InChI=1S/C10H13NO2/c1-6(5-11)4-7-8(9(12)13)10(7,2)3/h4,7-8H,1-3H3,(H,12,13)/t7-,8+/m1/s1. The topological polar surface area (TPSA) is 61.1 Å². The average molecular weight is 179 g/mol. The molecule has 1 rings (SSSR count). The molecule has 0 radical (unpaired) electrons. The van der Waals surface area contributed by atoms with Gasteiger partial charge >= 0.3 is 5.97 Å². The first-order valence-corrected chi connectivity index (χ1v) is 4.22. The lowest BCUT2D eigenvalue weighted by atomic mass is 10.1. The summed E-state index contributed by atoms with van der Waals surface area (Å²) in [5, 5.41) is 17.4. The van der Waals surface area contributed by atoms with Crippen LogP contribution >= 0.6 is 0 Å². The lowest BCUT2D eigenvalue weighted by Gasteiger charge is -1.96. The third-order valence-electron chi connectivity index (χ3n) is 2.78. The molecule has 1 aliphatic rings. The minimum absolute atomic E-state index is 0.0182. The van der Waals surface area contributed by atoms with Crippen molar-refractivity contribution in [3.8, 4) is 6.07 Å². The quantitative estimate of drug-likeness (QED) is 0.657. The molecule has 1 saturated carbocycles. The number of nitriles is 1. The van der Waals surface area contributed by atoms with Crippen molar-refractivity contribution in [2.75, 3.05) is 0 Å². The number of hydrogen-bond donors (Lipinski definition) is 1. The molecule has 1 N–H and O–H groups in total. The zero-order valence-electron chi connectivity index (χ0n) is 8.03. The van der Waals surface area contributed by atoms with E-state index < -0.39 is 5.97 Å². The van der Waals surface area contributed by atoms with Crippen molar-refractivity contribution in [1.82, 2.24) is 0 Å². The second-order valence-electron chi connectivity index (χ2n) is 4.12. The summed E-state index contributed by atoms with van der Waals surface area (Å²) in [4.78, 5) is 10.7. The van der Waals surface area contributed by atoms with Crippen LogP contribution in [0.25, 0.3) is 0 Å². The van der Waals surface area contributed by atoms with Gasteiger partial charge in [-0.2, -0.15) is 5.26 Å². The molecule has 0 aromatic carbocycles. The average Bonchev–Trinajstić information content (AvgIpc) is 2.53. The summed E-state index contributed by atoms with van der Waals surface area (Å²) >= 11 is 0. The van der Waals surface area contributed by atoms with E-state index in [0.717, 1.165) is 0 Å². The Labute approximate surface area is 77.7 Å². The summed E-state index contributed by atoms with van der Waals surface area (Å²) in [7, 11) is 0. The molecule has 1 aliphatic carbocycles. The number of hydrogen-bond acceptors (Lipinski definition) is 2. The molecule has 13 heavy (non-hydrogen) atoms. The first-order valence-electron chi connectivity index (χ1n) is 4.22. The van der Waals surface area contributed by atoms with Gasteiger partial charge in [0.05, 0.1) is 12.0 Å². The molecule has 70 valence electrons. The van der Waals surface area contributed by atoms with Gasteiger partial charge in [0.2, 0.25) is 0 Å². The molecule has 3 heteroatoms. The molecule has 0 unspecified atom stereocenters. The SMILES string of the molecule is CC(C#N)=C[C@@H]1[C@@H](C(=O)O)C1(C)C. The smallest absolute Gasteiger partial charge is 0.307 e. The van der Waals surface area contributed by atoms with Gasteiger partial charge < -0.3 is 5.11 Å². The minimum Gasteiger partial charge on any atom is -0.481 e. The molecule has 0 saturated heterocycles. The summed E-state index contributed by atoms with van der Waals surface area (Å²) in [6.07, 6.45) is 1.76. The van der Waals surface area contributed by atoms with Crippen molar-refractivity contribution in [2.24, 2.45) is 17.3 Å². The Balaban J connectivity index is 2.79. The Morgan fingerprint density at radius 2 is 2.15 bits per heavy atom. The largest absolute Gasteiger partial charge is 0.481 e. The molecular weight excluding hydrogens is 166 g/mol. The van der Waals surface area contributed by atoms with E-state index in [1.165, 1.54) is 0 Å². The van der Waals surface area contributed by atoms with Gasteiger partial charge in [0.1, 0.15) is 0 Å². The van der Waals surface area contributed by atoms with Crippen LogP contribution < -0.4 is 0 Å². The van der Waals surface area contributed by atoms with Gasteiger partial charge in [-0.3, -0.25) is 4.79 Å². The number of allylic oxidation sites excluding steroid dienone is 2. The summed E-state index contributed by atoms with van der Waals surface area (Å²) in [5.41, 5.74) is 0.408. The zero-order valence-corrected chi connectivity index (χ0v) is 8.03. The summed E-state index contributed by atoms with van der Waals surface area (Å²) in [5.74, 6) is -1.07. The Bertz CT molecular complexity index is 309. The van der Waals surface area contributed by atoms with Crippen molar-refractivity contribution in [3.63, 3.8) is 0 Å². The molecule has 0 aromatic heterocycles. The minimum atomic E-state index is -0.767. The fourth-order valence-corrected chi connectivity index (χ4v) is 1.77. The molecule has 0 amide bonds. The molecule has 0 aromatic rings. The highest BCUT2D eigenvalue weighted by Crippen LogP contribution is 2.59. The second-order valence-corrected chi connectivity index (χ2v) is 4.12. The van der Waals surface area contributed by atoms with Crippen molar-refractivity contribution < 1.29 is 9.90 Å². The van der Waals surface area contributed by atoms with E-state index in [-0.39, 0.29) is 17.3 Å². The predicted octanol–water partition coefficient (Wildman–Crippen LogP) is 1.81. The highest BCUT2D eigenvalue weighted by atomic mass is 16.4. The van der Waals surface area contributed by atoms with Crippen LogP contribution in [0.3, 0.4) is 0 Å². The molecule has 0 aliphatic heterocycles. The Kier molecular flexibility index (Phi) is 2.17. The number of carbonyl (C=O) groups is 1. The fraction of sp³-hybridized carbons (Fsp3) is 0.600. The molecule has 0 bridgehead atoms. The van der Waals surface area contributed by atoms with Crippen LogP contribution in [0.1, 0.15) is 20.8 Å². The first kappa shape index (κ1) is 9.79. The molecular formula is C10H13NO2. The van der Waals surface area contributed by atoms with E-state index in [4.69, 9.17) is 10.4 Å². The summed E-state index contributed by atoms with van der Waals surface area (Å²) in [6, 6.07) is 2.00. The molecule has 3 nitrogen and oxygen atoms in total. The number of rotatable bonds is 2. The van der Waals surface area contributed by atoms with Crippen LogP contribution in [0.15, 0.2) is 11.6 Å². The van der Waals surface area contributed by atoms with Gasteiger partial charge in [0.15, 0.2) is 0 Å². The lowest BCUT2D eigenvalue weighted by Crippen LogP contribution is -2.03. The van der Waals surface area contributed by atoms with Gasteiger partial charge in [-0.05, 0) is 18.3 Å². The summed E-state index contributed by atoms with van der Waals surface area (Å²) < 4.78 is 0.